The van der Waals surface area contributed by atoms with Gasteiger partial charge in [0.25, 0.3) is 0 Å². The van der Waals surface area contributed by atoms with Gasteiger partial charge in [-0.15, -0.1) is 11.3 Å². The molecule has 1 atom stereocenters. The molecule has 4 rings (SSSR count). The van der Waals surface area contributed by atoms with Crippen LogP contribution in [-0.2, 0) is 6.54 Å². The Balaban J connectivity index is 1.58. The monoisotopic (exact) mass is 367 g/mol. The third-order valence-electron chi connectivity index (χ3n) is 4.43. The van der Waals surface area contributed by atoms with E-state index in [0.29, 0.717) is 5.95 Å². The van der Waals surface area contributed by atoms with Gasteiger partial charge in [0.05, 0.1) is 11.6 Å². The van der Waals surface area contributed by atoms with E-state index in [4.69, 9.17) is 9.97 Å². The maximum Gasteiger partial charge on any atom is 0.228 e. The number of nitrogens with zero attached hydrogens (tertiary/aromatic N) is 6. The van der Waals surface area contributed by atoms with Gasteiger partial charge in [-0.3, -0.25) is 9.88 Å². The lowest BCUT2D eigenvalue weighted by Gasteiger charge is -2.34. The first-order chi connectivity index (χ1) is 12.8. The minimum absolute atomic E-state index is 0.225. The maximum absolute atomic E-state index is 4.78. The van der Waals surface area contributed by atoms with Crippen LogP contribution in [0.5, 0.6) is 0 Å². The van der Waals surface area contributed by atoms with Crippen LogP contribution in [0.15, 0.2) is 36.2 Å². The van der Waals surface area contributed by atoms with Gasteiger partial charge in [0.1, 0.15) is 11.6 Å². The van der Waals surface area contributed by atoms with Crippen molar-refractivity contribution in [1.29, 1.82) is 0 Å². The van der Waals surface area contributed by atoms with E-state index in [1.54, 1.807) is 29.8 Å². The lowest BCUT2D eigenvalue weighted by atomic mass is 10.0. The van der Waals surface area contributed by atoms with Crippen molar-refractivity contribution in [2.75, 3.05) is 11.9 Å². The molecule has 8 heteroatoms. The third kappa shape index (κ3) is 4.03. The normalized spacial score (nSPS) is 18.0. The van der Waals surface area contributed by atoms with Gasteiger partial charge in [-0.05, 0) is 32.4 Å². The fourth-order valence-corrected chi connectivity index (χ4v) is 3.89. The molecule has 26 heavy (non-hydrogen) atoms. The first kappa shape index (κ1) is 17.0. The smallest absolute Gasteiger partial charge is 0.228 e. The highest BCUT2D eigenvalue weighted by Gasteiger charge is 2.27. The summed E-state index contributed by atoms with van der Waals surface area (Å²) in [5.74, 6) is 2.15. The average Bonchev–Trinajstić information content (AvgIpc) is 3.16. The SMILES string of the molecule is Cc1cc(Nc2ncccn2)nc([C@@H]2CCCCN2Cc2cncs2)n1. The molecule has 0 aromatic carbocycles. The van der Waals surface area contributed by atoms with E-state index in [0.717, 1.165) is 36.8 Å². The molecule has 3 aromatic rings. The van der Waals surface area contributed by atoms with Crippen LogP contribution < -0.4 is 5.32 Å². The molecule has 0 spiro atoms. The molecule has 0 saturated carbocycles. The standard InChI is InChI=1S/C18H21N7S/c1-13-9-16(24-18-20-6-4-7-21-18)23-17(22-13)15-5-2-3-8-25(15)11-14-10-19-12-26-14/h4,6-7,9-10,12,15H,2-3,5,8,11H2,1H3,(H,20,21,22,23,24)/t15-/m0/s1. The van der Waals surface area contributed by atoms with E-state index in [-0.39, 0.29) is 6.04 Å². The zero-order valence-corrected chi connectivity index (χ0v) is 15.5. The number of piperidine rings is 1. The molecule has 7 nitrogen and oxygen atoms in total. The van der Waals surface area contributed by atoms with Crippen LogP contribution in [0, 0.1) is 6.92 Å². The molecule has 134 valence electrons. The van der Waals surface area contributed by atoms with Gasteiger partial charge < -0.3 is 5.32 Å². The second-order valence-corrected chi connectivity index (χ2v) is 7.37. The Labute approximate surface area is 156 Å². The minimum atomic E-state index is 0.225. The van der Waals surface area contributed by atoms with Gasteiger partial charge >= 0.3 is 0 Å². The van der Waals surface area contributed by atoms with Crippen molar-refractivity contribution in [2.24, 2.45) is 0 Å². The molecule has 3 aromatic heterocycles. The molecule has 4 heterocycles. The number of thiazole rings is 1. The maximum atomic E-state index is 4.78. The van der Waals surface area contributed by atoms with Crippen LogP contribution >= 0.6 is 11.3 Å². The Kier molecular flexibility index (Phi) is 5.12. The number of likely N-dealkylation sites (tertiary alicyclic amines) is 1. The van der Waals surface area contributed by atoms with Crippen molar-refractivity contribution in [2.45, 2.75) is 38.8 Å². The molecule has 0 amide bonds. The van der Waals surface area contributed by atoms with E-state index >= 15 is 0 Å². The Morgan fingerprint density at radius 1 is 1.23 bits per heavy atom. The molecule has 0 radical (unpaired) electrons. The average molecular weight is 367 g/mol. The second kappa shape index (κ2) is 7.84. The summed E-state index contributed by atoms with van der Waals surface area (Å²) in [5, 5.41) is 3.18. The first-order valence-corrected chi connectivity index (χ1v) is 9.67. The number of hydrogen-bond donors (Lipinski definition) is 1. The van der Waals surface area contributed by atoms with E-state index in [2.05, 4.69) is 25.2 Å². The lowest BCUT2D eigenvalue weighted by molar-refractivity contribution is 0.135. The van der Waals surface area contributed by atoms with Crippen molar-refractivity contribution in [3.63, 3.8) is 0 Å². The van der Waals surface area contributed by atoms with Crippen molar-refractivity contribution in [3.05, 3.63) is 52.6 Å². The highest BCUT2D eigenvalue weighted by Crippen LogP contribution is 2.31. The minimum Gasteiger partial charge on any atom is -0.309 e. The van der Waals surface area contributed by atoms with Crippen LogP contribution in [0.1, 0.15) is 41.7 Å². The molecule has 1 saturated heterocycles. The predicted octanol–water partition coefficient (Wildman–Crippen LogP) is 3.50. The van der Waals surface area contributed by atoms with Crippen molar-refractivity contribution >= 4 is 23.1 Å². The fourth-order valence-electron chi connectivity index (χ4n) is 3.28. The Hall–Kier alpha value is -2.45. The van der Waals surface area contributed by atoms with Gasteiger partial charge in [-0.1, -0.05) is 6.42 Å². The predicted molar refractivity (Wildman–Crippen MR) is 101 cm³/mol. The summed E-state index contributed by atoms with van der Waals surface area (Å²) in [6, 6.07) is 3.94. The second-order valence-electron chi connectivity index (χ2n) is 6.40. The number of anilines is 2. The molecular weight excluding hydrogens is 346 g/mol. The van der Waals surface area contributed by atoms with E-state index < -0.39 is 0 Å². The molecule has 0 bridgehead atoms. The van der Waals surface area contributed by atoms with Gasteiger partial charge in [-0.25, -0.2) is 19.9 Å². The van der Waals surface area contributed by atoms with Gasteiger partial charge in [0.15, 0.2) is 0 Å². The van der Waals surface area contributed by atoms with E-state index in [9.17, 15) is 0 Å². The summed E-state index contributed by atoms with van der Waals surface area (Å²) in [6.07, 6.45) is 8.86. The molecule has 0 unspecified atom stereocenters. The molecule has 1 aliphatic rings. The van der Waals surface area contributed by atoms with Crippen molar-refractivity contribution < 1.29 is 0 Å². The van der Waals surface area contributed by atoms with E-state index in [1.165, 1.54) is 17.7 Å². The largest absolute Gasteiger partial charge is 0.309 e. The molecule has 1 N–H and O–H groups in total. The van der Waals surface area contributed by atoms with Crippen LogP contribution in [0.2, 0.25) is 0 Å². The summed E-state index contributed by atoms with van der Waals surface area (Å²) in [5.41, 5.74) is 2.83. The molecule has 1 fully saturated rings. The van der Waals surface area contributed by atoms with Crippen LogP contribution in [0.4, 0.5) is 11.8 Å². The van der Waals surface area contributed by atoms with Crippen molar-refractivity contribution in [1.82, 2.24) is 29.8 Å². The molecular formula is C18H21N7S. The topological polar surface area (TPSA) is 79.7 Å². The summed E-state index contributed by atoms with van der Waals surface area (Å²) < 4.78 is 0. The number of hydrogen-bond acceptors (Lipinski definition) is 8. The van der Waals surface area contributed by atoms with Crippen LogP contribution in [0.25, 0.3) is 0 Å². The van der Waals surface area contributed by atoms with Crippen LogP contribution in [-0.4, -0.2) is 36.4 Å². The zero-order valence-electron chi connectivity index (χ0n) is 14.7. The Morgan fingerprint density at radius 3 is 2.92 bits per heavy atom. The Morgan fingerprint density at radius 2 is 2.12 bits per heavy atom. The number of aryl methyl sites for hydroxylation is 1. The van der Waals surface area contributed by atoms with Gasteiger partial charge in [-0.2, -0.15) is 0 Å². The number of aromatic nitrogens is 5. The summed E-state index contributed by atoms with van der Waals surface area (Å²) in [4.78, 5) is 25.9. The van der Waals surface area contributed by atoms with Crippen LogP contribution in [0.3, 0.4) is 0 Å². The lowest BCUT2D eigenvalue weighted by Crippen LogP contribution is -2.34. The summed E-state index contributed by atoms with van der Waals surface area (Å²) in [6.45, 7) is 3.96. The summed E-state index contributed by atoms with van der Waals surface area (Å²) >= 11 is 1.70. The van der Waals surface area contributed by atoms with Gasteiger partial charge in [0, 0.05) is 41.8 Å². The zero-order chi connectivity index (χ0) is 17.8. The van der Waals surface area contributed by atoms with Gasteiger partial charge in [0.2, 0.25) is 5.95 Å². The van der Waals surface area contributed by atoms with Crippen molar-refractivity contribution in [3.8, 4) is 0 Å². The first-order valence-electron chi connectivity index (χ1n) is 8.79. The highest BCUT2D eigenvalue weighted by molar-refractivity contribution is 7.09. The molecule has 0 aliphatic carbocycles. The molecule has 1 aliphatic heterocycles. The third-order valence-corrected chi connectivity index (χ3v) is 5.20. The quantitative estimate of drug-likeness (QED) is 0.739. The Bertz CT molecular complexity index is 838. The highest BCUT2D eigenvalue weighted by atomic mass is 32.1. The fraction of sp³-hybridized carbons (Fsp3) is 0.389. The number of nitrogens with one attached hydrogen (secondary N) is 1. The number of rotatable bonds is 5. The summed E-state index contributed by atoms with van der Waals surface area (Å²) in [7, 11) is 0. The van der Waals surface area contributed by atoms with E-state index in [1.807, 2.05) is 24.7 Å².